The van der Waals surface area contributed by atoms with Crippen LogP contribution in [0, 0.1) is 0 Å². The molecule has 3 nitrogen and oxygen atoms in total. The van der Waals surface area contributed by atoms with Crippen LogP contribution in [0.3, 0.4) is 0 Å². The molecular weight excluding hydrogens is 728 g/mol. The summed E-state index contributed by atoms with van der Waals surface area (Å²) in [5.74, 6) is 0.622. The van der Waals surface area contributed by atoms with Gasteiger partial charge in [0.15, 0.2) is 0 Å². The monoisotopic (exact) mass is 817 g/mol. The van der Waals surface area contributed by atoms with Gasteiger partial charge < -0.3 is 0 Å². The van der Waals surface area contributed by atoms with Crippen LogP contribution < -0.4 is 15.1 Å². The van der Waals surface area contributed by atoms with Gasteiger partial charge in [-0.15, -0.1) is 0 Å². The Kier molecular flexibility index (Phi) is 25.9. The molecule has 58 heavy (non-hydrogen) atoms. The molecule has 2 N–H and O–H groups in total. The van der Waals surface area contributed by atoms with Crippen LogP contribution in [0.2, 0.25) is 0 Å². The zero-order chi connectivity index (χ0) is 41.6. The van der Waals surface area contributed by atoms with Crippen LogP contribution in [0.4, 0.5) is 0 Å². The molecule has 0 aliphatic heterocycles. The molecule has 4 heteroatoms. The third-order valence-electron chi connectivity index (χ3n) is 12.5. The zero-order valence-electron chi connectivity index (χ0n) is 38.2. The third kappa shape index (κ3) is 19.0. The SMILES string of the molecule is CCCCCCCCCc1ccc(P(O)(O)(Oc2ccc(CCCCCCCCC)cc2CCCCCCCCC)c2ccc(CCCCCCCCC)cc2)cc1. The van der Waals surface area contributed by atoms with Crippen molar-refractivity contribution in [2.45, 2.75) is 233 Å². The minimum atomic E-state index is -5.09. The molecule has 0 spiro atoms. The van der Waals surface area contributed by atoms with Gasteiger partial charge in [-0.2, -0.15) is 0 Å². The molecule has 3 aromatic carbocycles. The van der Waals surface area contributed by atoms with E-state index >= 15 is 0 Å². The second-order valence-electron chi connectivity index (χ2n) is 17.8. The molecule has 3 rings (SSSR count). The van der Waals surface area contributed by atoms with Crippen molar-refractivity contribution in [2.75, 3.05) is 0 Å². The number of aryl methyl sites for hydroxylation is 4. The average Bonchev–Trinajstić information content (AvgIpc) is 3.23. The second kappa shape index (κ2) is 29.9. The van der Waals surface area contributed by atoms with Gasteiger partial charge in [-0.1, -0.05) is 27.2 Å². The van der Waals surface area contributed by atoms with Crippen LogP contribution in [0.5, 0.6) is 5.75 Å². The molecule has 0 aliphatic carbocycles. The second-order valence-corrected chi connectivity index (χ2v) is 20.9. The Morgan fingerprint density at radius 2 is 0.638 bits per heavy atom. The molecule has 328 valence electrons. The molecule has 0 amide bonds. The van der Waals surface area contributed by atoms with Crippen LogP contribution in [-0.4, -0.2) is 9.79 Å². The molecule has 0 aliphatic rings. The summed E-state index contributed by atoms with van der Waals surface area (Å²) in [6.07, 6.45) is 39.8. The fraction of sp³-hybridized carbons (Fsp3) is 0.667. The summed E-state index contributed by atoms with van der Waals surface area (Å²) in [5, 5.41) is 0.950. The van der Waals surface area contributed by atoms with Crippen molar-refractivity contribution in [3.05, 3.63) is 89.0 Å². The molecule has 0 bridgehead atoms. The van der Waals surface area contributed by atoms with E-state index in [0.717, 1.165) is 50.5 Å². The number of unbranched alkanes of at least 4 members (excludes halogenated alkanes) is 24. The summed E-state index contributed by atoms with van der Waals surface area (Å²) < 4.78 is 6.85. The Hall–Kier alpha value is -2.19. The predicted molar refractivity (Wildman–Crippen MR) is 257 cm³/mol. The van der Waals surface area contributed by atoms with E-state index in [4.69, 9.17) is 4.52 Å². The van der Waals surface area contributed by atoms with Crippen LogP contribution in [0.25, 0.3) is 0 Å². The van der Waals surface area contributed by atoms with Crippen molar-refractivity contribution in [1.29, 1.82) is 0 Å². The zero-order valence-corrected chi connectivity index (χ0v) is 39.1. The number of benzene rings is 3. The summed E-state index contributed by atoms with van der Waals surface area (Å²) in [6, 6.07) is 22.7. The first-order valence-electron chi connectivity index (χ1n) is 24.9. The van der Waals surface area contributed by atoms with E-state index < -0.39 is 7.28 Å². The Morgan fingerprint density at radius 3 is 1.00 bits per heavy atom. The van der Waals surface area contributed by atoms with E-state index in [1.807, 2.05) is 30.3 Å². The van der Waals surface area contributed by atoms with Crippen molar-refractivity contribution in [2.24, 2.45) is 0 Å². The van der Waals surface area contributed by atoms with Gasteiger partial charge in [0.25, 0.3) is 0 Å². The maximum atomic E-state index is 13.0. The van der Waals surface area contributed by atoms with E-state index in [1.165, 1.54) is 177 Å². The van der Waals surface area contributed by atoms with E-state index in [-0.39, 0.29) is 0 Å². The summed E-state index contributed by atoms with van der Waals surface area (Å²) >= 11 is 0. The van der Waals surface area contributed by atoms with Crippen molar-refractivity contribution in [1.82, 2.24) is 0 Å². The van der Waals surface area contributed by atoms with Gasteiger partial charge in [0.05, 0.1) is 0 Å². The topological polar surface area (TPSA) is 49.7 Å². The van der Waals surface area contributed by atoms with Crippen LogP contribution in [0.15, 0.2) is 66.7 Å². The molecule has 0 fully saturated rings. The Balaban J connectivity index is 1.86. The number of hydrogen-bond donors (Lipinski definition) is 2. The quantitative estimate of drug-likeness (QED) is 0.0454. The average molecular weight is 817 g/mol. The van der Waals surface area contributed by atoms with Gasteiger partial charge in [-0.25, -0.2) is 0 Å². The normalized spacial score (nSPS) is 12.5. The third-order valence-corrected chi connectivity index (χ3v) is 15.5. The number of rotatable bonds is 36. The van der Waals surface area contributed by atoms with Crippen molar-refractivity contribution in [3.63, 3.8) is 0 Å². The molecule has 0 aromatic heterocycles. The molecule has 0 radical (unpaired) electrons. The summed E-state index contributed by atoms with van der Waals surface area (Å²) in [6.45, 7) is 9.09. The molecule has 0 unspecified atom stereocenters. The van der Waals surface area contributed by atoms with Gasteiger partial charge in [-0.05, 0) is 0 Å². The molecule has 0 saturated heterocycles. The van der Waals surface area contributed by atoms with E-state index in [9.17, 15) is 9.79 Å². The first kappa shape index (κ1) is 50.2. The standard InChI is InChI=1S/C54H89O3P/c1-5-9-13-17-21-25-29-33-48-37-42-52(43-38-48)58(55,56,53-44-39-49(40-45-53)34-30-26-22-18-14-10-6-2)57-54-46-41-50(35-31-27-23-19-15-11-7-3)47-51(54)36-32-28-24-20-16-12-8-4/h37-47,55-56H,5-36H2,1-4H3. The van der Waals surface area contributed by atoms with Crippen LogP contribution in [-0.2, 0) is 25.7 Å². The van der Waals surface area contributed by atoms with Gasteiger partial charge in [0.1, 0.15) is 0 Å². The van der Waals surface area contributed by atoms with E-state index in [2.05, 4.69) is 64.1 Å². The van der Waals surface area contributed by atoms with Gasteiger partial charge in [-0.3, -0.25) is 0 Å². The van der Waals surface area contributed by atoms with Gasteiger partial charge in [0.2, 0.25) is 0 Å². The Labute approximate surface area is 358 Å². The van der Waals surface area contributed by atoms with Crippen molar-refractivity contribution >= 4 is 17.9 Å². The minimum absolute atomic E-state index is 0.475. The Bertz CT molecular complexity index is 1380. The number of hydrogen-bond acceptors (Lipinski definition) is 3. The van der Waals surface area contributed by atoms with Crippen molar-refractivity contribution < 1.29 is 14.3 Å². The summed E-state index contributed by atoms with van der Waals surface area (Å²) in [7, 11) is -5.09. The summed E-state index contributed by atoms with van der Waals surface area (Å²) in [4.78, 5) is 26.0. The molecule has 0 atom stereocenters. The van der Waals surface area contributed by atoms with Crippen LogP contribution >= 0.6 is 7.28 Å². The van der Waals surface area contributed by atoms with Gasteiger partial charge in [0, 0.05) is 0 Å². The maximum absolute atomic E-state index is 13.0. The first-order chi connectivity index (χ1) is 28.3. The molecule has 3 aromatic rings. The fourth-order valence-electron chi connectivity index (χ4n) is 8.51. The van der Waals surface area contributed by atoms with E-state index in [0.29, 0.717) is 16.4 Å². The summed E-state index contributed by atoms with van der Waals surface area (Å²) in [5.41, 5.74) is 4.93. The van der Waals surface area contributed by atoms with Crippen LogP contribution in [0.1, 0.15) is 230 Å². The van der Waals surface area contributed by atoms with Gasteiger partial charge >= 0.3 is 333 Å². The van der Waals surface area contributed by atoms with E-state index in [1.54, 1.807) is 0 Å². The predicted octanol–water partition coefficient (Wildman–Crippen LogP) is 16.2. The molecule has 0 heterocycles. The molecule has 0 saturated carbocycles. The van der Waals surface area contributed by atoms with Crippen molar-refractivity contribution in [3.8, 4) is 5.75 Å². The Morgan fingerprint density at radius 1 is 0.345 bits per heavy atom. The molecular formula is C54H89O3P. The fourth-order valence-corrected chi connectivity index (χ4v) is 10.9. The first-order valence-corrected chi connectivity index (χ1v) is 26.9.